The second-order valence-electron chi connectivity index (χ2n) is 4.19. The maximum Gasteiger partial charge on any atom is 0.141 e. The Morgan fingerprint density at radius 1 is 1.38 bits per heavy atom. The Labute approximate surface area is 95.6 Å². The fourth-order valence-corrected chi connectivity index (χ4v) is 1.96. The summed E-state index contributed by atoms with van der Waals surface area (Å²) in [5, 5.41) is 0. The van der Waals surface area contributed by atoms with Gasteiger partial charge in [0, 0.05) is 25.8 Å². The van der Waals surface area contributed by atoms with Crippen LogP contribution in [0.25, 0.3) is 0 Å². The minimum Gasteiger partial charge on any atom is -0.382 e. The highest BCUT2D eigenvalue weighted by Gasteiger charge is 2.18. The minimum absolute atomic E-state index is 0.470. The van der Waals surface area contributed by atoms with Crippen molar-refractivity contribution in [2.75, 3.05) is 26.0 Å². The van der Waals surface area contributed by atoms with Gasteiger partial charge in [-0.2, -0.15) is 0 Å². The molecule has 2 heterocycles. The predicted octanol–water partition coefficient (Wildman–Crippen LogP) is 0.670. The van der Waals surface area contributed by atoms with Gasteiger partial charge in [0.2, 0.25) is 0 Å². The highest BCUT2D eigenvalue weighted by Crippen LogP contribution is 2.14. The van der Waals surface area contributed by atoms with E-state index in [-0.39, 0.29) is 0 Å². The summed E-state index contributed by atoms with van der Waals surface area (Å²) in [7, 11) is 2.12. The normalized spacial score (nSPS) is 17.9. The van der Waals surface area contributed by atoms with Crippen molar-refractivity contribution in [2.24, 2.45) is 0 Å². The highest BCUT2D eigenvalue weighted by molar-refractivity contribution is 5.22. The third kappa shape index (κ3) is 2.90. The smallest absolute Gasteiger partial charge is 0.141 e. The summed E-state index contributed by atoms with van der Waals surface area (Å²) >= 11 is 0. The second kappa shape index (κ2) is 5.23. The summed E-state index contributed by atoms with van der Waals surface area (Å²) in [5.74, 6) is 0.470. The SMILES string of the molecule is CN(Cc1cnc(N)cn1)C1CCOCC1. The van der Waals surface area contributed by atoms with Crippen LogP contribution in [0.1, 0.15) is 18.5 Å². The molecule has 0 amide bonds. The van der Waals surface area contributed by atoms with Gasteiger partial charge in [0.05, 0.1) is 18.1 Å². The first kappa shape index (κ1) is 11.3. The standard InChI is InChI=1S/C11H18N4O/c1-15(10-2-4-16-5-3-10)8-9-6-14-11(12)7-13-9/h6-7,10H,2-5,8H2,1H3,(H2,12,14). The largest absolute Gasteiger partial charge is 0.382 e. The van der Waals surface area contributed by atoms with Crippen LogP contribution >= 0.6 is 0 Å². The van der Waals surface area contributed by atoms with Crippen molar-refractivity contribution in [1.29, 1.82) is 0 Å². The number of nitrogens with zero attached hydrogens (tertiary/aromatic N) is 3. The molecule has 0 saturated carbocycles. The van der Waals surface area contributed by atoms with Gasteiger partial charge in [-0.1, -0.05) is 0 Å². The molecule has 88 valence electrons. The molecule has 1 saturated heterocycles. The van der Waals surface area contributed by atoms with E-state index in [1.165, 1.54) is 0 Å². The number of anilines is 1. The fraction of sp³-hybridized carbons (Fsp3) is 0.636. The first-order chi connectivity index (χ1) is 7.75. The molecule has 0 unspecified atom stereocenters. The average Bonchev–Trinajstić information content (AvgIpc) is 2.33. The van der Waals surface area contributed by atoms with E-state index in [1.54, 1.807) is 12.4 Å². The van der Waals surface area contributed by atoms with Crippen LogP contribution < -0.4 is 5.73 Å². The van der Waals surface area contributed by atoms with Crippen LogP contribution in [0.4, 0.5) is 5.82 Å². The van der Waals surface area contributed by atoms with Crippen LogP contribution in [0, 0.1) is 0 Å². The molecule has 0 atom stereocenters. The molecule has 1 aromatic heterocycles. The van der Waals surface area contributed by atoms with E-state index in [0.717, 1.165) is 38.3 Å². The summed E-state index contributed by atoms with van der Waals surface area (Å²) in [4.78, 5) is 10.6. The Hall–Kier alpha value is -1.20. The quantitative estimate of drug-likeness (QED) is 0.814. The van der Waals surface area contributed by atoms with Crippen molar-refractivity contribution in [2.45, 2.75) is 25.4 Å². The molecule has 0 spiro atoms. The van der Waals surface area contributed by atoms with E-state index >= 15 is 0 Å². The lowest BCUT2D eigenvalue weighted by molar-refractivity contribution is 0.0403. The van der Waals surface area contributed by atoms with Crippen LogP contribution in [0.3, 0.4) is 0 Å². The van der Waals surface area contributed by atoms with E-state index in [9.17, 15) is 0 Å². The lowest BCUT2D eigenvalue weighted by atomic mass is 10.1. The molecule has 1 aromatic rings. The lowest BCUT2D eigenvalue weighted by Crippen LogP contribution is -2.36. The molecule has 0 aliphatic carbocycles. The van der Waals surface area contributed by atoms with Gasteiger partial charge >= 0.3 is 0 Å². The van der Waals surface area contributed by atoms with Crippen molar-refractivity contribution < 1.29 is 4.74 Å². The number of rotatable bonds is 3. The summed E-state index contributed by atoms with van der Waals surface area (Å²) in [6.45, 7) is 2.54. The average molecular weight is 222 g/mol. The van der Waals surface area contributed by atoms with Crippen LogP contribution in [0.5, 0.6) is 0 Å². The van der Waals surface area contributed by atoms with Gasteiger partial charge < -0.3 is 10.5 Å². The van der Waals surface area contributed by atoms with Gasteiger partial charge in [0.1, 0.15) is 5.82 Å². The highest BCUT2D eigenvalue weighted by atomic mass is 16.5. The van der Waals surface area contributed by atoms with Crippen LogP contribution in [0.2, 0.25) is 0 Å². The van der Waals surface area contributed by atoms with E-state index in [0.29, 0.717) is 11.9 Å². The van der Waals surface area contributed by atoms with E-state index in [1.807, 2.05) is 0 Å². The molecular weight excluding hydrogens is 204 g/mol. The van der Waals surface area contributed by atoms with Crippen molar-refractivity contribution in [3.63, 3.8) is 0 Å². The number of aromatic nitrogens is 2. The van der Waals surface area contributed by atoms with E-state index < -0.39 is 0 Å². The molecule has 1 aliphatic rings. The van der Waals surface area contributed by atoms with Crippen molar-refractivity contribution in [3.8, 4) is 0 Å². The van der Waals surface area contributed by atoms with Gasteiger partial charge in [-0.25, -0.2) is 4.98 Å². The maximum absolute atomic E-state index is 5.50. The van der Waals surface area contributed by atoms with Gasteiger partial charge in [-0.3, -0.25) is 9.88 Å². The Morgan fingerprint density at radius 3 is 2.75 bits per heavy atom. The van der Waals surface area contributed by atoms with E-state index in [2.05, 4.69) is 21.9 Å². The molecule has 5 heteroatoms. The first-order valence-electron chi connectivity index (χ1n) is 5.60. The molecule has 0 bridgehead atoms. The molecular formula is C11H18N4O. The Morgan fingerprint density at radius 2 is 2.12 bits per heavy atom. The Kier molecular flexibility index (Phi) is 3.69. The van der Waals surface area contributed by atoms with Gasteiger partial charge in [0.25, 0.3) is 0 Å². The Bertz CT molecular complexity index is 321. The monoisotopic (exact) mass is 222 g/mol. The second-order valence-corrected chi connectivity index (χ2v) is 4.19. The summed E-state index contributed by atoms with van der Waals surface area (Å²) in [6, 6.07) is 0.591. The number of nitrogen functional groups attached to an aromatic ring is 1. The number of hydrogen-bond acceptors (Lipinski definition) is 5. The zero-order valence-corrected chi connectivity index (χ0v) is 9.59. The summed E-state index contributed by atoms with van der Waals surface area (Å²) in [6.07, 6.45) is 5.54. The topological polar surface area (TPSA) is 64.3 Å². The van der Waals surface area contributed by atoms with Crippen molar-refractivity contribution in [3.05, 3.63) is 18.1 Å². The van der Waals surface area contributed by atoms with E-state index in [4.69, 9.17) is 10.5 Å². The molecule has 16 heavy (non-hydrogen) atoms. The number of hydrogen-bond donors (Lipinski definition) is 1. The molecule has 0 radical (unpaired) electrons. The third-order valence-corrected chi connectivity index (χ3v) is 2.95. The van der Waals surface area contributed by atoms with Gasteiger partial charge in [-0.15, -0.1) is 0 Å². The molecule has 2 N–H and O–H groups in total. The number of nitrogens with two attached hydrogens (primary N) is 1. The third-order valence-electron chi connectivity index (χ3n) is 2.95. The summed E-state index contributed by atoms with van der Waals surface area (Å²) < 4.78 is 5.34. The minimum atomic E-state index is 0.470. The predicted molar refractivity (Wildman–Crippen MR) is 61.8 cm³/mol. The molecule has 0 aromatic carbocycles. The maximum atomic E-state index is 5.50. The van der Waals surface area contributed by atoms with Crippen LogP contribution in [0.15, 0.2) is 12.4 Å². The van der Waals surface area contributed by atoms with Gasteiger partial charge in [0.15, 0.2) is 0 Å². The fourth-order valence-electron chi connectivity index (χ4n) is 1.96. The zero-order valence-electron chi connectivity index (χ0n) is 9.59. The lowest BCUT2D eigenvalue weighted by Gasteiger charge is -2.30. The first-order valence-corrected chi connectivity index (χ1v) is 5.60. The number of ether oxygens (including phenoxy) is 1. The molecule has 2 rings (SSSR count). The van der Waals surface area contributed by atoms with Crippen LogP contribution in [-0.2, 0) is 11.3 Å². The van der Waals surface area contributed by atoms with Crippen molar-refractivity contribution >= 4 is 5.82 Å². The molecule has 5 nitrogen and oxygen atoms in total. The molecule has 1 fully saturated rings. The van der Waals surface area contributed by atoms with Crippen LogP contribution in [-0.4, -0.2) is 41.2 Å². The Balaban J connectivity index is 1.90. The molecule has 1 aliphatic heterocycles. The summed E-state index contributed by atoms with van der Waals surface area (Å²) in [5.41, 5.74) is 6.46. The zero-order chi connectivity index (χ0) is 11.4. The van der Waals surface area contributed by atoms with Crippen molar-refractivity contribution in [1.82, 2.24) is 14.9 Å². The van der Waals surface area contributed by atoms with Gasteiger partial charge in [-0.05, 0) is 19.9 Å².